The van der Waals surface area contributed by atoms with Gasteiger partial charge < -0.3 is 11.1 Å². The third-order valence-corrected chi connectivity index (χ3v) is 2.38. The van der Waals surface area contributed by atoms with Gasteiger partial charge in [-0.25, -0.2) is 4.98 Å². The summed E-state index contributed by atoms with van der Waals surface area (Å²) in [7, 11) is -0.820. The average molecular weight is 235 g/mol. The SMILES string of the molecule is CS(=O)CCNc1cc(Cl)nc(N)n1. The van der Waals surface area contributed by atoms with E-state index in [4.69, 9.17) is 17.3 Å². The fraction of sp³-hybridized carbons (Fsp3) is 0.429. The van der Waals surface area contributed by atoms with E-state index in [1.54, 1.807) is 12.3 Å². The molecule has 0 aromatic carbocycles. The molecule has 1 rings (SSSR count). The van der Waals surface area contributed by atoms with E-state index >= 15 is 0 Å². The van der Waals surface area contributed by atoms with Crippen molar-refractivity contribution in [2.75, 3.05) is 29.6 Å². The van der Waals surface area contributed by atoms with Crippen LogP contribution in [0.15, 0.2) is 6.07 Å². The molecule has 14 heavy (non-hydrogen) atoms. The van der Waals surface area contributed by atoms with Gasteiger partial charge in [-0.1, -0.05) is 11.6 Å². The number of hydrogen-bond acceptors (Lipinski definition) is 5. The Hall–Kier alpha value is -0.880. The Morgan fingerprint density at radius 3 is 2.93 bits per heavy atom. The maximum Gasteiger partial charge on any atom is 0.223 e. The predicted molar refractivity (Wildman–Crippen MR) is 58.9 cm³/mol. The number of nitrogens with one attached hydrogen (secondary N) is 1. The van der Waals surface area contributed by atoms with Crippen molar-refractivity contribution >= 4 is 34.2 Å². The lowest BCUT2D eigenvalue weighted by molar-refractivity contribution is 0.687. The third kappa shape index (κ3) is 3.89. The first-order valence-corrected chi connectivity index (χ1v) is 6.02. The van der Waals surface area contributed by atoms with E-state index < -0.39 is 10.8 Å². The first-order chi connectivity index (χ1) is 6.58. The maximum absolute atomic E-state index is 10.8. The molecule has 0 aliphatic heterocycles. The Morgan fingerprint density at radius 1 is 1.64 bits per heavy atom. The largest absolute Gasteiger partial charge is 0.369 e. The van der Waals surface area contributed by atoms with Crippen LogP contribution in [0, 0.1) is 0 Å². The fourth-order valence-electron chi connectivity index (χ4n) is 0.849. The van der Waals surface area contributed by atoms with Gasteiger partial charge >= 0.3 is 0 Å². The summed E-state index contributed by atoms with van der Waals surface area (Å²) in [6.07, 6.45) is 1.64. The molecule has 5 nitrogen and oxygen atoms in total. The number of nitrogens with two attached hydrogens (primary N) is 1. The Morgan fingerprint density at radius 2 is 2.36 bits per heavy atom. The molecule has 1 aromatic heterocycles. The summed E-state index contributed by atoms with van der Waals surface area (Å²) in [5.41, 5.74) is 5.38. The van der Waals surface area contributed by atoms with Gasteiger partial charge in [0, 0.05) is 35.4 Å². The molecule has 0 bridgehead atoms. The highest BCUT2D eigenvalue weighted by atomic mass is 35.5. The van der Waals surface area contributed by atoms with E-state index in [2.05, 4.69) is 15.3 Å². The van der Waals surface area contributed by atoms with Crippen LogP contribution in [0.1, 0.15) is 0 Å². The Kier molecular flexibility index (Phi) is 4.09. The highest BCUT2D eigenvalue weighted by Gasteiger charge is 1.99. The third-order valence-electron chi connectivity index (χ3n) is 1.41. The molecule has 0 saturated carbocycles. The molecule has 7 heteroatoms. The van der Waals surface area contributed by atoms with E-state index in [-0.39, 0.29) is 11.1 Å². The van der Waals surface area contributed by atoms with Crippen molar-refractivity contribution in [3.63, 3.8) is 0 Å². The number of nitrogens with zero attached hydrogens (tertiary/aromatic N) is 2. The summed E-state index contributed by atoms with van der Waals surface area (Å²) in [6, 6.07) is 1.57. The standard InChI is InChI=1S/C7H11ClN4OS/c1-14(13)3-2-10-6-4-5(8)11-7(9)12-6/h4H,2-3H2,1H3,(H3,9,10,11,12). The number of hydrogen-bond donors (Lipinski definition) is 2. The molecule has 0 aliphatic rings. The van der Waals surface area contributed by atoms with Crippen molar-refractivity contribution in [2.24, 2.45) is 0 Å². The lowest BCUT2D eigenvalue weighted by Crippen LogP contribution is -2.11. The topological polar surface area (TPSA) is 80.9 Å². The van der Waals surface area contributed by atoms with Crippen molar-refractivity contribution in [1.29, 1.82) is 0 Å². The highest BCUT2D eigenvalue weighted by Crippen LogP contribution is 2.11. The predicted octanol–water partition coefficient (Wildman–Crippen LogP) is 0.503. The summed E-state index contributed by atoms with van der Waals surface area (Å²) in [4.78, 5) is 7.61. The minimum Gasteiger partial charge on any atom is -0.369 e. The van der Waals surface area contributed by atoms with Crippen LogP contribution in [0.2, 0.25) is 5.15 Å². The van der Waals surface area contributed by atoms with Crippen molar-refractivity contribution in [3.8, 4) is 0 Å². The highest BCUT2D eigenvalue weighted by molar-refractivity contribution is 7.84. The zero-order valence-electron chi connectivity index (χ0n) is 7.66. The van der Waals surface area contributed by atoms with Gasteiger partial charge in [0.2, 0.25) is 5.95 Å². The molecule has 0 saturated heterocycles. The van der Waals surface area contributed by atoms with Crippen molar-refractivity contribution in [3.05, 3.63) is 11.2 Å². The van der Waals surface area contributed by atoms with Gasteiger partial charge in [-0.05, 0) is 0 Å². The first kappa shape index (κ1) is 11.2. The second-order valence-electron chi connectivity index (χ2n) is 2.64. The van der Waals surface area contributed by atoms with E-state index in [0.717, 1.165) is 0 Å². The number of aromatic nitrogens is 2. The Labute approximate surface area is 89.5 Å². The molecule has 1 unspecified atom stereocenters. The molecule has 0 radical (unpaired) electrons. The van der Waals surface area contributed by atoms with Gasteiger partial charge in [0.25, 0.3) is 0 Å². The summed E-state index contributed by atoms with van der Waals surface area (Å²) in [5.74, 6) is 1.23. The summed E-state index contributed by atoms with van der Waals surface area (Å²) in [6.45, 7) is 0.565. The van der Waals surface area contributed by atoms with Crippen LogP contribution in [0.5, 0.6) is 0 Å². The van der Waals surface area contributed by atoms with E-state index in [1.807, 2.05) is 0 Å². The fourth-order valence-corrected chi connectivity index (χ4v) is 1.43. The van der Waals surface area contributed by atoms with Crippen LogP contribution in [0.4, 0.5) is 11.8 Å². The maximum atomic E-state index is 10.8. The Balaban J connectivity index is 2.54. The average Bonchev–Trinajstić information content (AvgIpc) is 2.01. The normalized spacial score (nSPS) is 12.4. The molecule has 0 spiro atoms. The lowest BCUT2D eigenvalue weighted by atomic mass is 10.5. The van der Waals surface area contributed by atoms with Gasteiger partial charge in [0.05, 0.1) is 0 Å². The van der Waals surface area contributed by atoms with Crippen LogP contribution in [0.3, 0.4) is 0 Å². The monoisotopic (exact) mass is 234 g/mol. The molecule has 78 valence electrons. The van der Waals surface area contributed by atoms with E-state index in [9.17, 15) is 4.21 Å². The van der Waals surface area contributed by atoms with Gasteiger partial charge in [-0.3, -0.25) is 4.21 Å². The minimum absolute atomic E-state index is 0.123. The smallest absolute Gasteiger partial charge is 0.223 e. The second kappa shape index (κ2) is 5.11. The number of nitrogen functional groups attached to an aromatic ring is 1. The quantitative estimate of drug-likeness (QED) is 0.742. The number of anilines is 2. The van der Waals surface area contributed by atoms with Crippen molar-refractivity contribution < 1.29 is 4.21 Å². The van der Waals surface area contributed by atoms with E-state index in [0.29, 0.717) is 18.1 Å². The van der Waals surface area contributed by atoms with Crippen molar-refractivity contribution in [1.82, 2.24) is 9.97 Å². The van der Waals surface area contributed by atoms with Crippen LogP contribution in [-0.2, 0) is 10.8 Å². The molecule has 0 amide bonds. The van der Waals surface area contributed by atoms with Crippen LogP contribution >= 0.6 is 11.6 Å². The zero-order valence-corrected chi connectivity index (χ0v) is 9.23. The van der Waals surface area contributed by atoms with Gasteiger partial charge in [0.15, 0.2) is 0 Å². The molecule has 3 N–H and O–H groups in total. The first-order valence-electron chi connectivity index (χ1n) is 3.92. The van der Waals surface area contributed by atoms with Crippen LogP contribution < -0.4 is 11.1 Å². The summed E-state index contributed by atoms with van der Waals surface area (Å²) < 4.78 is 10.8. The molecular weight excluding hydrogens is 224 g/mol. The Bertz CT molecular complexity index is 326. The van der Waals surface area contributed by atoms with Gasteiger partial charge in [-0.15, -0.1) is 0 Å². The van der Waals surface area contributed by atoms with Crippen molar-refractivity contribution in [2.45, 2.75) is 0 Å². The molecule has 1 atom stereocenters. The zero-order chi connectivity index (χ0) is 10.6. The minimum atomic E-state index is -0.820. The molecule has 0 aliphatic carbocycles. The van der Waals surface area contributed by atoms with E-state index in [1.165, 1.54) is 0 Å². The lowest BCUT2D eigenvalue weighted by Gasteiger charge is -2.04. The molecule has 0 fully saturated rings. The van der Waals surface area contributed by atoms with Gasteiger partial charge in [-0.2, -0.15) is 4.98 Å². The van der Waals surface area contributed by atoms with Crippen LogP contribution in [-0.4, -0.2) is 32.7 Å². The van der Waals surface area contributed by atoms with Crippen LogP contribution in [0.25, 0.3) is 0 Å². The molecular formula is C7H11ClN4OS. The molecule has 1 aromatic rings. The second-order valence-corrected chi connectivity index (χ2v) is 4.58. The summed E-state index contributed by atoms with van der Waals surface area (Å²) >= 11 is 5.66. The molecule has 1 heterocycles. The van der Waals surface area contributed by atoms with Gasteiger partial charge in [0.1, 0.15) is 11.0 Å². The summed E-state index contributed by atoms with van der Waals surface area (Å²) in [5, 5.41) is 3.24. The number of rotatable bonds is 4. The number of halogens is 1.